The summed E-state index contributed by atoms with van der Waals surface area (Å²) in [6.45, 7) is 1.21. The van der Waals surface area contributed by atoms with Crippen LogP contribution in [-0.2, 0) is 16.1 Å². The average molecular weight is 220 g/mol. The summed E-state index contributed by atoms with van der Waals surface area (Å²) < 4.78 is 11.0. The van der Waals surface area contributed by atoms with Gasteiger partial charge in [-0.3, -0.25) is 0 Å². The Morgan fingerprint density at radius 1 is 1.31 bits per heavy atom. The van der Waals surface area contributed by atoms with Crippen molar-refractivity contribution in [2.45, 2.75) is 31.3 Å². The van der Waals surface area contributed by atoms with Gasteiger partial charge in [-0.1, -0.05) is 30.3 Å². The number of fused-ring (bicyclic) bond motifs is 1. The van der Waals surface area contributed by atoms with Gasteiger partial charge in [-0.25, -0.2) is 0 Å². The second kappa shape index (κ2) is 4.17. The van der Waals surface area contributed by atoms with E-state index in [2.05, 4.69) is 0 Å². The lowest BCUT2D eigenvalue weighted by molar-refractivity contribution is 0.00570. The summed E-state index contributed by atoms with van der Waals surface area (Å²) in [7, 11) is 0. The number of aliphatic hydroxyl groups excluding tert-OH is 1. The zero-order chi connectivity index (χ0) is 11.0. The molecule has 2 fully saturated rings. The van der Waals surface area contributed by atoms with E-state index >= 15 is 0 Å². The van der Waals surface area contributed by atoms with Crippen molar-refractivity contribution in [3.63, 3.8) is 0 Å². The fourth-order valence-corrected chi connectivity index (χ4v) is 2.45. The minimum Gasteiger partial charge on any atom is -0.393 e. The molecular weight excluding hydrogens is 204 g/mol. The predicted molar refractivity (Wildman–Crippen MR) is 58.9 cm³/mol. The molecule has 0 bridgehead atoms. The molecule has 1 aliphatic heterocycles. The topological polar surface area (TPSA) is 42.0 Å². The normalized spacial score (nSPS) is 36.1. The van der Waals surface area contributed by atoms with Crippen molar-refractivity contribution in [1.29, 1.82) is 0 Å². The molecule has 1 saturated heterocycles. The number of aliphatic hydroxyl groups is 1. The van der Waals surface area contributed by atoms with E-state index < -0.39 is 0 Å². The van der Waals surface area contributed by atoms with Crippen LogP contribution < -0.4 is 0 Å². The Bertz CT molecular complexity index is 349. The fraction of sp³-hybridized carbons (Fsp3) is 0.538. The Balaban J connectivity index is 1.47. The highest BCUT2D eigenvalue weighted by Crippen LogP contribution is 2.43. The first-order chi connectivity index (χ1) is 7.84. The Kier molecular flexibility index (Phi) is 2.67. The van der Waals surface area contributed by atoms with Crippen LogP contribution in [0.1, 0.15) is 12.0 Å². The molecule has 86 valence electrons. The van der Waals surface area contributed by atoms with E-state index in [0.717, 1.165) is 6.42 Å². The molecule has 2 aliphatic rings. The van der Waals surface area contributed by atoms with Crippen LogP contribution in [0.25, 0.3) is 0 Å². The minimum atomic E-state index is -0.237. The van der Waals surface area contributed by atoms with Gasteiger partial charge in [-0.2, -0.15) is 0 Å². The van der Waals surface area contributed by atoms with Crippen molar-refractivity contribution in [1.82, 2.24) is 0 Å². The lowest BCUT2D eigenvalue weighted by atomic mass is 10.1. The molecule has 0 radical (unpaired) electrons. The Hall–Kier alpha value is -0.900. The molecule has 1 aromatic carbocycles. The van der Waals surface area contributed by atoms with Gasteiger partial charge in [0, 0.05) is 12.3 Å². The van der Waals surface area contributed by atoms with Crippen LogP contribution >= 0.6 is 0 Å². The number of hydrogen-bond acceptors (Lipinski definition) is 3. The second-order valence-corrected chi connectivity index (χ2v) is 4.61. The third-order valence-electron chi connectivity index (χ3n) is 3.43. The maximum absolute atomic E-state index is 9.73. The summed E-state index contributed by atoms with van der Waals surface area (Å²) in [4.78, 5) is 0. The van der Waals surface area contributed by atoms with Gasteiger partial charge in [0.1, 0.15) is 0 Å². The zero-order valence-corrected chi connectivity index (χ0v) is 9.08. The number of ether oxygens (including phenoxy) is 2. The van der Waals surface area contributed by atoms with Crippen molar-refractivity contribution in [3.8, 4) is 0 Å². The van der Waals surface area contributed by atoms with Gasteiger partial charge in [0.25, 0.3) is 0 Å². The van der Waals surface area contributed by atoms with Crippen LogP contribution in [0.15, 0.2) is 30.3 Å². The summed E-state index contributed by atoms with van der Waals surface area (Å²) in [5.74, 6) is 0.175. The van der Waals surface area contributed by atoms with Crippen molar-refractivity contribution < 1.29 is 14.6 Å². The molecule has 3 nitrogen and oxygen atoms in total. The summed E-state index contributed by atoms with van der Waals surface area (Å²) in [5, 5.41) is 9.73. The molecular formula is C13H16O3. The first-order valence-corrected chi connectivity index (χ1v) is 5.80. The number of benzene rings is 1. The van der Waals surface area contributed by atoms with Crippen LogP contribution in [0.2, 0.25) is 0 Å². The minimum absolute atomic E-state index is 0.175. The highest BCUT2D eigenvalue weighted by Gasteiger charge is 2.55. The summed E-state index contributed by atoms with van der Waals surface area (Å²) in [6.07, 6.45) is 1.11. The second-order valence-electron chi connectivity index (χ2n) is 4.61. The Morgan fingerprint density at radius 2 is 2.12 bits per heavy atom. The van der Waals surface area contributed by atoms with Gasteiger partial charge < -0.3 is 14.6 Å². The van der Waals surface area contributed by atoms with Gasteiger partial charge in [-0.05, 0) is 5.56 Å². The van der Waals surface area contributed by atoms with Crippen LogP contribution in [0.3, 0.4) is 0 Å². The zero-order valence-electron chi connectivity index (χ0n) is 9.08. The Labute approximate surface area is 95.0 Å². The lowest BCUT2D eigenvalue weighted by Gasteiger charge is -2.16. The van der Waals surface area contributed by atoms with Crippen molar-refractivity contribution >= 4 is 0 Å². The van der Waals surface area contributed by atoms with E-state index in [1.807, 2.05) is 30.3 Å². The molecule has 1 heterocycles. The van der Waals surface area contributed by atoms with Gasteiger partial charge in [0.2, 0.25) is 0 Å². The number of rotatable bonds is 4. The SMILES string of the molecule is OC1CC2OC2C1COCc1ccccc1. The van der Waals surface area contributed by atoms with Crippen LogP contribution in [-0.4, -0.2) is 30.0 Å². The average Bonchev–Trinajstić information content (AvgIpc) is 2.98. The standard InChI is InChI=1S/C13H16O3/c14-11-6-12-13(16-12)10(11)8-15-7-9-4-2-1-3-5-9/h1-5,10-14H,6-8H2. The largest absolute Gasteiger partial charge is 0.393 e. The third kappa shape index (κ3) is 1.98. The fourth-order valence-electron chi connectivity index (χ4n) is 2.45. The van der Waals surface area contributed by atoms with E-state index in [4.69, 9.17) is 9.47 Å². The maximum Gasteiger partial charge on any atom is 0.0917 e. The molecule has 0 amide bonds. The van der Waals surface area contributed by atoms with Crippen molar-refractivity contribution in [2.24, 2.45) is 5.92 Å². The molecule has 3 heteroatoms. The summed E-state index contributed by atoms with van der Waals surface area (Å²) in [6, 6.07) is 10.1. The van der Waals surface area contributed by atoms with E-state index in [1.54, 1.807) is 0 Å². The van der Waals surface area contributed by atoms with E-state index in [9.17, 15) is 5.11 Å². The molecule has 1 N–H and O–H groups in total. The quantitative estimate of drug-likeness (QED) is 0.779. The van der Waals surface area contributed by atoms with E-state index in [-0.39, 0.29) is 18.1 Å². The van der Waals surface area contributed by atoms with Crippen LogP contribution in [0, 0.1) is 5.92 Å². The van der Waals surface area contributed by atoms with E-state index in [0.29, 0.717) is 19.3 Å². The summed E-state index contributed by atoms with van der Waals surface area (Å²) >= 11 is 0. The van der Waals surface area contributed by atoms with Gasteiger partial charge in [-0.15, -0.1) is 0 Å². The summed E-state index contributed by atoms with van der Waals surface area (Å²) in [5.41, 5.74) is 1.17. The molecule has 3 rings (SSSR count). The van der Waals surface area contributed by atoms with Gasteiger partial charge in [0.15, 0.2) is 0 Å². The predicted octanol–water partition coefficient (Wildman–Crippen LogP) is 1.35. The van der Waals surface area contributed by atoms with E-state index in [1.165, 1.54) is 5.56 Å². The first-order valence-electron chi connectivity index (χ1n) is 5.80. The molecule has 1 aromatic rings. The monoisotopic (exact) mass is 220 g/mol. The molecule has 0 aromatic heterocycles. The highest BCUT2D eigenvalue weighted by atomic mass is 16.6. The smallest absolute Gasteiger partial charge is 0.0917 e. The molecule has 4 atom stereocenters. The molecule has 16 heavy (non-hydrogen) atoms. The first kappa shape index (κ1) is 10.3. The third-order valence-corrected chi connectivity index (χ3v) is 3.43. The highest BCUT2D eigenvalue weighted by molar-refractivity contribution is 5.13. The molecule has 1 aliphatic carbocycles. The maximum atomic E-state index is 9.73. The molecule has 0 spiro atoms. The van der Waals surface area contributed by atoms with Crippen molar-refractivity contribution in [2.75, 3.05) is 6.61 Å². The van der Waals surface area contributed by atoms with Crippen molar-refractivity contribution in [3.05, 3.63) is 35.9 Å². The number of hydrogen-bond donors (Lipinski definition) is 1. The number of epoxide rings is 1. The molecule has 4 unspecified atom stereocenters. The Morgan fingerprint density at radius 3 is 2.81 bits per heavy atom. The van der Waals surface area contributed by atoms with Crippen LogP contribution in [0.5, 0.6) is 0 Å². The van der Waals surface area contributed by atoms with Gasteiger partial charge >= 0.3 is 0 Å². The van der Waals surface area contributed by atoms with Crippen LogP contribution in [0.4, 0.5) is 0 Å². The lowest BCUT2D eigenvalue weighted by Crippen LogP contribution is -2.25. The molecule has 1 saturated carbocycles. The van der Waals surface area contributed by atoms with Gasteiger partial charge in [0.05, 0.1) is 31.5 Å².